The quantitative estimate of drug-likeness (QED) is 0.545. The highest BCUT2D eigenvalue weighted by molar-refractivity contribution is 7.98. The number of likely N-dealkylation sites (tertiary alicyclic amines) is 1. The molecule has 1 amide bonds. The fraction of sp³-hybridized carbons (Fsp3) is 0.667. The van der Waals surface area contributed by atoms with Gasteiger partial charge in [-0.3, -0.25) is 4.79 Å². The second kappa shape index (κ2) is 10.1. The van der Waals surface area contributed by atoms with E-state index in [-0.39, 0.29) is 5.57 Å². The number of hydrogen-bond acceptors (Lipinski definition) is 5. The molecule has 7 heteroatoms. The minimum Gasteiger partial charge on any atom is -0.480 e. The zero-order valence-corrected chi connectivity index (χ0v) is 13.7. The molecule has 1 heterocycles. The van der Waals surface area contributed by atoms with Gasteiger partial charge in [-0.05, 0) is 31.3 Å². The summed E-state index contributed by atoms with van der Waals surface area (Å²) in [6, 6.07) is 0.922. The van der Waals surface area contributed by atoms with E-state index in [4.69, 9.17) is 10.4 Å². The summed E-state index contributed by atoms with van der Waals surface area (Å²) in [5.41, 5.74) is -0.0303. The standard InChI is InChI=1S/C15H23N3O3S/c1-22-9-6-13(15(20)21)17-14(19)12(10-16)11-18-7-4-2-3-5-8-18/h11,13H,2-9H2,1H3,(H,17,19)(H,20,21)/b12-11-. The van der Waals surface area contributed by atoms with E-state index < -0.39 is 17.9 Å². The number of nitriles is 1. The second-order valence-electron chi connectivity index (χ2n) is 5.25. The van der Waals surface area contributed by atoms with Gasteiger partial charge in [-0.2, -0.15) is 17.0 Å². The molecule has 1 atom stereocenters. The monoisotopic (exact) mass is 325 g/mol. The summed E-state index contributed by atoms with van der Waals surface area (Å²) in [4.78, 5) is 25.2. The lowest BCUT2D eigenvalue weighted by molar-refractivity contribution is -0.141. The van der Waals surface area contributed by atoms with Crippen molar-refractivity contribution < 1.29 is 14.7 Å². The molecule has 122 valence electrons. The fourth-order valence-electron chi connectivity index (χ4n) is 2.27. The highest BCUT2D eigenvalue weighted by Crippen LogP contribution is 2.11. The molecule has 0 saturated carbocycles. The summed E-state index contributed by atoms with van der Waals surface area (Å²) in [6.45, 7) is 1.65. The lowest BCUT2D eigenvalue weighted by Crippen LogP contribution is -2.42. The van der Waals surface area contributed by atoms with Crippen LogP contribution in [0, 0.1) is 11.3 Å². The Morgan fingerprint density at radius 1 is 1.36 bits per heavy atom. The van der Waals surface area contributed by atoms with Crippen LogP contribution in [0.4, 0.5) is 0 Å². The summed E-state index contributed by atoms with van der Waals surface area (Å²) in [6.07, 6.45) is 8.19. The van der Waals surface area contributed by atoms with Gasteiger partial charge in [0, 0.05) is 19.3 Å². The van der Waals surface area contributed by atoms with E-state index in [0.29, 0.717) is 12.2 Å². The number of carbonyl (C=O) groups excluding carboxylic acids is 1. The summed E-state index contributed by atoms with van der Waals surface area (Å²) >= 11 is 1.52. The molecule has 0 aromatic carbocycles. The van der Waals surface area contributed by atoms with Crippen molar-refractivity contribution in [1.82, 2.24) is 10.2 Å². The smallest absolute Gasteiger partial charge is 0.326 e. The molecule has 1 unspecified atom stereocenters. The maximum absolute atomic E-state index is 12.1. The first kappa shape index (κ1) is 18.4. The van der Waals surface area contributed by atoms with Gasteiger partial charge in [0.1, 0.15) is 17.7 Å². The van der Waals surface area contributed by atoms with Crippen LogP contribution in [-0.4, -0.2) is 53.0 Å². The fourth-order valence-corrected chi connectivity index (χ4v) is 2.75. The predicted octanol–water partition coefficient (Wildman–Crippen LogP) is 1.59. The predicted molar refractivity (Wildman–Crippen MR) is 86.3 cm³/mol. The Balaban J connectivity index is 2.69. The van der Waals surface area contributed by atoms with E-state index in [1.165, 1.54) is 11.8 Å². The molecule has 0 aromatic rings. The lowest BCUT2D eigenvalue weighted by Gasteiger charge is -2.18. The molecule has 6 nitrogen and oxygen atoms in total. The van der Waals surface area contributed by atoms with Gasteiger partial charge in [0.25, 0.3) is 5.91 Å². The summed E-state index contributed by atoms with van der Waals surface area (Å²) in [5, 5.41) is 20.7. The van der Waals surface area contributed by atoms with Crippen LogP contribution in [0.3, 0.4) is 0 Å². The third-order valence-corrected chi connectivity index (χ3v) is 4.18. The molecule has 1 saturated heterocycles. The first-order valence-corrected chi connectivity index (χ1v) is 8.86. The summed E-state index contributed by atoms with van der Waals surface area (Å²) in [5.74, 6) is -1.05. The molecule has 2 N–H and O–H groups in total. The van der Waals surface area contributed by atoms with Crippen molar-refractivity contribution in [2.24, 2.45) is 0 Å². The molecule has 1 aliphatic rings. The third-order valence-electron chi connectivity index (χ3n) is 3.53. The minimum atomic E-state index is -1.07. The zero-order valence-electron chi connectivity index (χ0n) is 12.9. The van der Waals surface area contributed by atoms with Crippen molar-refractivity contribution in [3.63, 3.8) is 0 Å². The molecular formula is C15H23N3O3S. The van der Waals surface area contributed by atoms with Gasteiger partial charge in [-0.1, -0.05) is 12.8 Å². The molecular weight excluding hydrogens is 302 g/mol. The third kappa shape index (κ3) is 6.39. The maximum atomic E-state index is 12.1. The minimum absolute atomic E-state index is 0.0303. The number of nitrogens with one attached hydrogen (secondary N) is 1. The maximum Gasteiger partial charge on any atom is 0.326 e. The molecule has 0 aromatic heterocycles. The normalized spacial score (nSPS) is 17.3. The van der Waals surface area contributed by atoms with Gasteiger partial charge in [0.15, 0.2) is 0 Å². The first-order chi connectivity index (χ1) is 10.6. The van der Waals surface area contributed by atoms with Gasteiger partial charge >= 0.3 is 5.97 Å². The van der Waals surface area contributed by atoms with E-state index in [0.717, 1.165) is 38.8 Å². The highest BCUT2D eigenvalue weighted by Gasteiger charge is 2.22. The Bertz CT molecular complexity index is 451. The largest absolute Gasteiger partial charge is 0.480 e. The van der Waals surface area contributed by atoms with Crippen LogP contribution in [0.2, 0.25) is 0 Å². The van der Waals surface area contributed by atoms with Crippen molar-refractivity contribution >= 4 is 23.6 Å². The second-order valence-corrected chi connectivity index (χ2v) is 6.24. The number of amides is 1. The molecule has 0 spiro atoms. The number of rotatable bonds is 7. The molecule has 1 fully saturated rings. The number of carboxylic acid groups (broad SMARTS) is 1. The van der Waals surface area contributed by atoms with Gasteiger partial charge in [-0.25, -0.2) is 4.79 Å². The number of aliphatic carboxylic acids is 1. The highest BCUT2D eigenvalue weighted by atomic mass is 32.2. The topological polar surface area (TPSA) is 93.4 Å². The SMILES string of the molecule is CSCCC(NC(=O)/C(C#N)=C\N1CCCCCC1)C(=O)O. The average molecular weight is 325 g/mol. The van der Waals surface area contributed by atoms with Crippen molar-refractivity contribution in [2.75, 3.05) is 25.1 Å². The summed E-state index contributed by atoms with van der Waals surface area (Å²) in [7, 11) is 0. The summed E-state index contributed by atoms with van der Waals surface area (Å²) < 4.78 is 0. The molecule has 0 radical (unpaired) electrons. The number of carboxylic acids is 1. The van der Waals surface area contributed by atoms with Crippen molar-refractivity contribution in [3.05, 3.63) is 11.8 Å². The van der Waals surface area contributed by atoms with Crippen LogP contribution >= 0.6 is 11.8 Å². The first-order valence-electron chi connectivity index (χ1n) is 7.47. The molecule has 0 bridgehead atoms. The molecule has 0 aliphatic carbocycles. The van der Waals surface area contributed by atoms with Crippen LogP contribution in [-0.2, 0) is 9.59 Å². The van der Waals surface area contributed by atoms with Crippen LogP contribution in [0.1, 0.15) is 32.1 Å². The van der Waals surface area contributed by atoms with Crippen molar-refractivity contribution in [3.8, 4) is 6.07 Å². The number of nitrogens with zero attached hydrogens (tertiary/aromatic N) is 2. The molecule has 1 rings (SSSR count). The van der Waals surface area contributed by atoms with E-state index in [2.05, 4.69) is 5.32 Å². The van der Waals surface area contributed by atoms with Crippen LogP contribution < -0.4 is 5.32 Å². The van der Waals surface area contributed by atoms with E-state index >= 15 is 0 Å². The van der Waals surface area contributed by atoms with Gasteiger partial charge in [0.05, 0.1) is 0 Å². The van der Waals surface area contributed by atoms with Gasteiger partial charge < -0.3 is 15.3 Å². The van der Waals surface area contributed by atoms with Crippen LogP contribution in [0.15, 0.2) is 11.8 Å². The number of hydrogen-bond donors (Lipinski definition) is 2. The Hall–Kier alpha value is -1.68. The number of carbonyl (C=O) groups is 2. The van der Waals surface area contributed by atoms with Gasteiger partial charge in [0.2, 0.25) is 0 Å². The zero-order chi connectivity index (χ0) is 16.4. The van der Waals surface area contributed by atoms with Crippen LogP contribution in [0.5, 0.6) is 0 Å². The van der Waals surface area contributed by atoms with Crippen molar-refractivity contribution in [1.29, 1.82) is 5.26 Å². The van der Waals surface area contributed by atoms with Gasteiger partial charge in [-0.15, -0.1) is 0 Å². The Morgan fingerprint density at radius 3 is 2.50 bits per heavy atom. The lowest BCUT2D eigenvalue weighted by atomic mass is 10.2. The average Bonchev–Trinajstić information content (AvgIpc) is 2.77. The molecule has 1 aliphatic heterocycles. The Morgan fingerprint density at radius 2 is 2.00 bits per heavy atom. The Kier molecular flexibility index (Phi) is 8.44. The molecule has 22 heavy (non-hydrogen) atoms. The number of thioether (sulfide) groups is 1. The van der Waals surface area contributed by atoms with E-state index in [1.807, 2.05) is 17.2 Å². The van der Waals surface area contributed by atoms with E-state index in [9.17, 15) is 9.59 Å². The van der Waals surface area contributed by atoms with E-state index in [1.54, 1.807) is 6.20 Å². The Labute approximate surface area is 135 Å². The van der Waals surface area contributed by atoms with Crippen molar-refractivity contribution in [2.45, 2.75) is 38.1 Å². The van der Waals surface area contributed by atoms with Crippen LogP contribution in [0.25, 0.3) is 0 Å².